The maximum atomic E-state index is 13.4. The normalized spacial score (nSPS) is 15.3. The summed E-state index contributed by atoms with van der Waals surface area (Å²) >= 11 is 0.947. The molecule has 1 amide bonds. The fourth-order valence-corrected chi connectivity index (χ4v) is 5.08. The standard InChI is InChI=1S/C28H26N2O7S/c1-5-37-27(34)25-16(2)29-28(38-25)30-23(18-12-14-20(35-3)21(15-18)36-4)22(24(32)26(30)33)19(31)13-11-17-9-7-6-8-10-17/h6-15,23,32H,5H2,1-4H3/b13-11+. The number of ketones is 1. The number of benzene rings is 2. The minimum Gasteiger partial charge on any atom is -0.503 e. The lowest BCUT2D eigenvalue weighted by Gasteiger charge is -2.25. The van der Waals surface area contributed by atoms with Gasteiger partial charge in [0.15, 0.2) is 28.2 Å². The van der Waals surface area contributed by atoms with Gasteiger partial charge in [0, 0.05) is 0 Å². The molecule has 1 aliphatic rings. The number of aryl methyl sites for hydroxylation is 1. The minimum absolute atomic E-state index is 0.125. The van der Waals surface area contributed by atoms with Gasteiger partial charge in [-0.15, -0.1) is 0 Å². The summed E-state index contributed by atoms with van der Waals surface area (Å²) in [6, 6.07) is 13.1. The van der Waals surface area contributed by atoms with Crippen molar-refractivity contribution in [2.24, 2.45) is 0 Å². The fraction of sp³-hybridized carbons (Fsp3) is 0.214. The highest BCUT2D eigenvalue weighted by Gasteiger charge is 2.45. The minimum atomic E-state index is -1.05. The highest BCUT2D eigenvalue weighted by Crippen LogP contribution is 2.44. The third-order valence-corrected chi connectivity index (χ3v) is 7.01. The second-order valence-electron chi connectivity index (χ2n) is 8.19. The number of nitrogens with zero attached hydrogens (tertiary/aromatic N) is 2. The summed E-state index contributed by atoms with van der Waals surface area (Å²) in [4.78, 5) is 45.1. The molecule has 1 unspecified atom stereocenters. The van der Waals surface area contributed by atoms with Crippen LogP contribution in [-0.4, -0.2) is 48.6 Å². The zero-order chi connectivity index (χ0) is 27.4. The van der Waals surface area contributed by atoms with Crippen LogP contribution in [0.2, 0.25) is 0 Å². The van der Waals surface area contributed by atoms with Crippen molar-refractivity contribution >= 4 is 40.2 Å². The number of anilines is 1. The van der Waals surface area contributed by atoms with Gasteiger partial charge in [-0.2, -0.15) is 0 Å². The van der Waals surface area contributed by atoms with Gasteiger partial charge in [-0.25, -0.2) is 9.78 Å². The largest absolute Gasteiger partial charge is 0.503 e. The summed E-state index contributed by atoms with van der Waals surface area (Å²) in [5.74, 6) is -1.81. The van der Waals surface area contributed by atoms with Gasteiger partial charge in [-0.1, -0.05) is 53.8 Å². The summed E-state index contributed by atoms with van der Waals surface area (Å²) in [7, 11) is 2.96. The van der Waals surface area contributed by atoms with Crippen LogP contribution in [0.5, 0.6) is 11.5 Å². The molecule has 1 aliphatic heterocycles. The Morgan fingerprint density at radius 1 is 1.11 bits per heavy atom. The molecule has 196 valence electrons. The molecule has 9 nitrogen and oxygen atoms in total. The summed E-state index contributed by atoms with van der Waals surface area (Å²) in [6.07, 6.45) is 2.91. The Bertz CT molecular complexity index is 1440. The van der Waals surface area contributed by atoms with E-state index in [0.717, 1.165) is 16.9 Å². The number of allylic oxidation sites excluding steroid dienone is 1. The zero-order valence-corrected chi connectivity index (χ0v) is 22.1. The number of amides is 1. The Balaban J connectivity index is 1.83. The molecule has 0 bridgehead atoms. The number of aromatic nitrogens is 1. The third-order valence-electron chi connectivity index (χ3n) is 5.88. The third kappa shape index (κ3) is 5.03. The lowest BCUT2D eigenvalue weighted by molar-refractivity contribution is -0.117. The summed E-state index contributed by atoms with van der Waals surface area (Å²) in [5, 5.41) is 11.1. The first-order valence-electron chi connectivity index (χ1n) is 11.7. The van der Waals surface area contributed by atoms with Crippen molar-refractivity contribution in [3.8, 4) is 11.5 Å². The first-order valence-corrected chi connectivity index (χ1v) is 12.5. The fourth-order valence-electron chi connectivity index (χ4n) is 4.09. The quantitative estimate of drug-likeness (QED) is 0.307. The predicted octanol–water partition coefficient (Wildman–Crippen LogP) is 4.83. The first-order chi connectivity index (χ1) is 18.3. The van der Waals surface area contributed by atoms with E-state index in [2.05, 4.69) is 4.98 Å². The molecule has 1 aromatic heterocycles. The molecular weight excluding hydrogens is 508 g/mol. The van der Waals surface area contributed by atoms with Gasteiger partial charge in [0.05, 0.1) is 38.1 Å². The lowest BCUT2D eigenvalue weighted by Crippen LogP contribution is -2.30. The predicted molar refractivity (Wildman–Crippen MR) is 143 cm³/mol. The van der Waals surface area contributed by atoms with E-state index in [0.29, 0.717) is 22.8 Å². The van der Waals surface area contributed by atoms with Crippen molar-refractivity contribution in [3.05, 3.63) is 87.6 Å². The second-order valence-corrected chi connectivity index (χ2v) is 9.17. The van der Waals surface area contributed by atoms with Gasteiger partial charge >= 0.3 is 5.97 Å². The van der Waals surface area contributed by atoms with Crippen LogP contribution in [0.25, 0.3) is 6.08 Å². The highest BCUT2D eigenvalue weighted by molar-refractivity contribution is 7.17. The molecule has 0 spiro atoms. The number of carbonyl (C=O) groups is 3. The molecule has 38 heavy (non-hydrogen) atoms. The first kappa shape index (κ1) is 26.6. The number of hydrogen-bond acceptors (Lipinski definition) is 9. The van der Waals surface area contributed by atoms with Gasteiger partial charge in [0.1, 0.15) is 4.88 Å². The number of carbonyl (C=O) groups excluding carboxylic acids is 3. The summed E-state index contributed by atoms with van der Waals surface area (Å²) in [5.41, 5.74) is 1.49. The van der Waals surface area contributed by atoms with Crippen LogP contribution in [-0.2, 0) is 14.3 Å². The SMILES string of the molecule is CCOC(=O)c1sc(N2C(=O)C(O)=C(C(=O)/C=C/c3ccccc3)C2c2ccc(OC)c(OC)c2)nc1C. The highest BCUT2D eigenvalue weighted by atomic mass is 32.1. The number of esters is 1. The summed E-state index contributed by atoms with van der Waals surface area (Å²) < 4.78 is 15.9. The van der Waals surface area contributed by atoms with Crippen LogP contribution in [0, 0.1) is 6.92 Å². The maximum absolute atomic E-state index is 13.4. The zero-order valence-electron chi connectivity index (χ0n) is 21.3. The molecule has 1 atom stereocenters. The number of methoxy groups -OCH3 is 2. The molecule has 4 rings (SSSR count). The molecule has 10 heteroatoms. The molecule has 0 fully saturated rings. The van der Waals surface area contributed by atoms with Gasteiger partial charge in [0.25, 0.3) is 5.91 Å². The molecule has 0 saturated carbocycles. The second kappa shape index (κ2) is 11.3. The van der Waals surface area contributed by atoms with E-state index in [9.17, 15) is 19.5 Å². The van der Waals surface area contributed by atoms with Crippen LogP contribution in [0.4, 0.5) is 5.13 Å². The van der Waals surface area contributed by atoms with Crippen LogP contribution in [0.15, 0.2) is 65.9 Å². The van der Waals surface area contributed by atoms with Crippen LogP contribution in [0.3, 0.4) is 0 Å². The van der Waals surface area contributed by atoms with Crippen molar-refractivity contribution in [1.29, 1.82) is 0 Å². The van der Waals surface area contributed by atoms with Crippen molar-refractivity contribution in [2.45, 2.75) is 19.9 Å². The Hall–Kier alpha value is -4.44. The molecular formula is C28H26N2O7S. The Labute approximate surface area is 223 Å². The molecule has 2 aromatic carbocycles. The molecule has 0 aliphatic carbocycles. The van der Waals surface area contributed by atoms with Crippen LogP contribution >= 0.6 is 11.3 Å². The van der Waals surface area contributed by atoms with Crippen molar-refractivity contribution in [1.82, 2.24) is 4.98 Å². The summed E-state index contributed by atoms with van der Waals surface area (Å²) in [6.45, 7) is 3.49. The average molecular weight is 535 g/mol. The Kier molecular flexibility index (Phi) is 7.92. The van der Waals surface area contributed by atoms with Crippen molar-refractivity contribution in [3.63, 3.8) is 0 Å². The van der Waals surface area contributed by atoms with E-state index in [1.165, 1.54) is 25.2 Å². The van der Waals surface area contributed by atoms with Gasteiger partial charge in [0.2, 0.25) is 0 Å². The lowest BCUT2D eigenvalue weighted by atomic mass is 9.95. The van der Waals surface area contributed by atoms with Gasteiger partial charge in [-0.05, 0) is 43.2 Å². The molecule has 0 radical (unpaired) electrons. The smallest absolute Gasteiger partial charge is 0.350 e. The number of aliphatic hydroxyl groups excluding tert-OH is 1. The number of rotatable bonds is 9. The number of thiazole rings is 1. The van der Waals surface area contributed by atoms with Crippen LogP contribution in [0.1, 0.15) is 39.5 Å². The average Bonchev–Trinajstić information content (AvgIpc) is 3.44. The molecule has 3 aromatic rings. The van der Waals surface area contributed by atoms with Gasteiger partial charge in [-0.3, -0.25) is 14.5 Å². The van der Waals surface area contributed by atoms with E-state index < -0.39 is 29.5 Å². The maximum Gasteiger partial charge on any atom is 0.350 e. The molecule has 1 N–H and O–H groups in total. The monoisotopic (exact) mass is 534 g/mol. The topological polar surface area (TPSA) is 115 Å². The van der Waals surface area contributed by atoms with E-state index in [1.807, 2.05) is 30.3 Å². The molecule has 0 saturated heterocycles. The van der Waals surface area contributed by atoms with Gasteiger partial charge < -0.3 is 19.3 Å². The Morgan fingerprint density at radius 2 is 1.82 bits per heavy atom. The number of ether oxygens (including phenoxy) is 3. The van der Waals surface area contributed by atoms with Crippen molar-refractivity contribution < 1.29 is 33.7 Å². The van der Waals surface area contributed by atoms with E-state index in [4.69, 9.17) is 14.2 Å². The van der Waals surface area contributed by atoms with E-state index >= 15 is 0 Å². The van der Waals surface area contributed by atoms with E-state index in [-0.39, 0.29) is 22.2 Å². The number of hydrogen-bond donors (Lipinski definition) is 1. The number of aliphatic hydroxyl groups is 1. The Morgan fingerprint density at radius 3 is 2.47 bits per heavy atom. The molecule has 2 heterocycles. The van der Waals surface area contributed by atoms with E-state index in [1.54, 1.807) is 38.1 Å². The van der Waals surface area contributed by atoms with Crippen molar-refractivity contribution in [2.75, 3.05) is 25.7 Å². The van der Waals surface area contributed by atoms with Crippen LogP contribution < -0.4 is 14.4 Å².